The highest BCUT2D eigenvalue weighted by Gasteiger charge is 2.38. The van der Waals surface area contributed by atoms with Gasteiger partial charge in [0, 0.05) is 28.7 Å². The van der Waals surface area contributed by atoms with Crippen molar-refractivity contribution in [3.05, 3.63) is 92.8 Å². The highest BCUT2D eigenvalue weighted by Crippen LogP contribution is 2.32. The van der Waals surface area contributed by atoms with Crippen molar-refractivity contribution in [3.63, 3.8) is 0 Å². The van der Waals surface area contributed by atoms with E-state index in [1.54, 1.807) is 12.1 Å². The number of rotatable bonds is 7. The molecule has 45 heavy (non-hydrogen) atoms. The Morgan fingerprint density at radius 1 is 1.02 bits per heavy atom. The van der Waals surface area contributed by atoms with Gasteiger partial charge in [0.25, 0.3) is 0 Å². The Morgan fingerprint density at radius 2 is 1.71 bits per heavy atom. The molecule has 0 fully saturated rings. The Labute approximate surface area is 268 Å². The molecule has 9 N–H and O–H groups in total. The zero-order valence-corrected chi connectivity index (χ0v) is 25.1. The fourth-order valence-corrected chi connectivity index (χ4v) is 4.81. The second kappa shape index (κ2) is 14.0. The first kappa shape index (κ1) is 33.2. The topological polar surface area (TPSA) is 188 Å². The van der Waals surface area contributed by atoms with Gasteiger partial charge in [-0.25, -0.2) is 14.6 Å². The number of nitrogens with zero attached hydrogens (tertiary/aromatic N) is 2. The van der Waals surface area contributed by atoms with Crippen molar-refractivity contribution in [2.24, 2.45) is 0 Å². The third-order valence-electron chi connectivity index (χ3n) is 6.36. The number of nitrogens with one attached hydrogen (secondary N) is 4. The van der Waals surface area contributed by atoms with Gasteiger partial charge in [-0.05, 0) is 36.2 Å². The fourth-order valence-electron chi connectivity index (χ4n) is 4.14. The molecule has 5 rings (SSSR count). The van der Waals surface area contributed by atoms with Gasteiger partial charge in [0.1, 0.15) is 16.7 Å². The van der Waals surface area contributed by atoms with E-state index in [1.165, 1.54) is 0 Å². The summed E-state index contributed by atoms with van der Waals surface area (Å²) >= 11 is 19.0. The Balaban J connectivity index is 0.000000591. The molecule has 0 saturated heterocycles. The largest absolute Gasteiger partial charge is 0.490 e. The monoisotopic (exact) mass is 682 g/mol. The van der Waals surface area contributed by atoms with Gasteiger partial charge in [-0.1, -0.05) is 71.2 Å². The third kappa shape index (κ3) is 8.29. The number of fused-ring (bicyclic) bond motifs is 1. The summed E-state index contributed by atoms with van der Waals surface area (Å²) < 4.78 is 31.7. The molecule has 17 heteroatoms. The number of alkyl halides is 3. The number of benzene rings is 3. The molecule has 0 spiro atoms. The number of amides is 2. The Kier molecular flexibility index (Phi) is 10.3. The molecule has 1 atom stereocenters. The van der Waals surface area contributed by atoms with Gasteiger partial charge in [-0.2, -0.15) is 18.3 Å². The van der Waals surface area contributed by atoms with Crippen molar-refractivity contribution in [3.8, 4) is 11.3 Å². The molecule has 0 saturated carbocycles. The Morgan fingerprint density at radius 3 is 2.38 bits per heavy atom. The smallest absolute Gasteiger partial charge is 0.475 e. The zero-order valence-electron chi connectivity index (χ0n) is 22.8. The minimum Gasteiger partial charge on any atom is -0.475 e. The van der Waals surface area contributed by atoms with Crippen LogP contribution in [0.25, 0.3) is 22.2 Å². The van der Waals surface area contributed by atoms with Crippen LogP contribution in [0.15, 0.2) is 60.7 Å². The van der Waals surface area contributed by atoms with Gasteiger partial charge in [0.2, 0.25) is 0 Å². The van der Waals surface area contributed by atoms with Gasteiger partial charge in [-0.3, -0.25) is 5.10 Å². The summed E-state index contributed by atoms with van der Waals surface area (Å²) in [6, 6.07) is 17.6. The number of aromatic amines is 2. The van der Waals surface area contributed by atoms with E-state index < -0.39 is 24.2 Å². The van der Waals surface area contributed by atoms with Crippen molar-refractivity contribution in [2.75, 3.05) is 11.5 Å². The Hall–Kier alpha value is -4.66. The lowest BCUT2D eigenvalue weighted by atomic mass is 10.1. The number of urea groups is 1. The van der Waals surface area contributed by atoms with Crippen molar-refractivity contribution in [2.45, 2.75) is 25.2 Å². The number of H-pyrrole nitrogens is 2. The number of anilines is 2. The molecule has 0 radical (unpaired) electrons. The number of hydrogen-bond acceptors (Lipinski definition) is 6. The molecule has 236 valence electrons. The van der Waals surface area contributed by atoms with Crippen LogP contribution in [0.1, 0.15) is 23.0 Å². The van der Waals surface area contributed by atoms with Crippen molar-refractivity contribution >= 4 is 69.2 Å². The van der Waals surface area contributed by atoms with Crippen LogP contribution < -0.4 is 22.1 Å². The van der Waals surface area contributed by atoms with Gasteiger partial charge in [0.15, 0.2) is 5.82 Å². The summed E-state index contributed by atoms with van der Waals surface area (Å²) in [6.07, 6.45) is -4.62. The second-order valence-corrected chi connectivity index (χ2v) is 10.6. The fraction of sp³-hybridized carbons (Fsp3) is 0.143. The standard InChI is InChI=1S/C26H23Cl3N8O.C2HF3O2/c27-17-8-9-18(30)16(21(17)28)12-32-26(38)33-20(10-13-4-2-1-3-5-13)25-34-22(23(29)35-25)14-6-7-15-19(11-14)36-37-24(15)31;3-2(4,5)1(6)7/h1-9,11,20H,10,12,30H2,(H,34,35)(H3,31,36,37)(H2,32,33,38);(H,6,7)/t20-;/m0./s1. The minimum atomic E-state index is -5.08. The molecule has 0 bridgehead atoms. The first-order valence-corrected chi connectivity index (χ1v) is 14.0. The average molecular weight is 684 g/mol. The van der Waals surface area contributed by atoms with E-state index in [0.717, 1.165) is 22.0 Å². The number of aromatic nitrogens is 4. The van der Waals surface area contributed by atoms with E-state index in [1.807, 2.05) is 48.5 Å². The first-order chi connectivity index (χ1) is 21.2. The van der Waals surface area contributed by atoms with Crippen LogP contribution in [0.4, 0.5) is 29.5 Å². The number of carbonyl (C=O) groups excluding carboxylic acids is 1. The maximum Gasteiger partial charge on any atom is 0.490 e. The molecule has 2 heterocycles. The van der Waals surface area contributed by atoms with Crippen LogP contribution in [0.3, 0.4) is 0 Å². The minimum absolute atomic E-state index is 0.0899. The summed E-state index contributed by atoms with van der Waals surface area (Å²) in [4.78, 5) is 29.7. The van der Waals surface area contributed by atoms with Crippen molar-refractivity contribution in [1.82, 2.24) is 30.8 Å². The number of aliphatic carboxylic acids is 1. The van der Waals surface area contributed by atoms with E-state index in [0.29, 0.717) is 50.2 Å². The van der Waals surface area contributed by atoms with E-state index in [4.69, 9.17) is 61.2 Å². The molecule has 0 aliphatic rings. The number of imidazole rings is 1. The van der Waals surface area contributed by atoms with Crippen molar-refractivity contribution < 1.29 is 27.9 Å². The summed E-state index contributed by atoms with van der Waals surface area (Å²) in [7, 11) is 0. The zero-order chi connectivity index (χ0) is 32.9. The number of nitrogen functional groups attached to an aromatic ring is 2. The lowest BCUT2D eigenvalue weighted by molar-refractivity contribution is -0.192. The molecule has 5 aromatic rings. The quantitative estimate of drug-likeness (QED) is 0.0954. The molecular weight excluding hydrogens is 660 g/mol. The predicted molar refractivity (Wildman–Crippen MR) is 166 cm³/mol. The van der Waals surface area contributed by atoms with Crippen LogP contribution in [-0.4, -0.2) is 43.4 Å². The second-order valence-electron chi connectivity index (χ2n) is 9.46. The van der Waals surface area contributed by atoms with Crippen LogP contribution >= 0.6 is 34.8 Å². The number of carboxylic acids is 1. The number of halogens is 6. The average Bonchev–Trinajstić information content (AvgIpc) is 3.57. The normalized spacial score (nSPS) is 11.9. The summed E-state index contributed by atoms with van der Waals surface area (Å²) in [5, 5.41) is 21.6. The van der Waals surface area contributed by atoms with Crippen LogP contribution in [0.2, 0.25) is 15.2 Å². The molecule has 2 aromatic heterocycles. The molecular formula is C28H24Cl3F3N8O3. The highest BCUT2D eigenvalue weighted by molar-refractivity contribution is 6.42. The summed E-state index contributed by atoms with van der Waals surface area (Å²) in [5.74, 6) is -1.85. The Bertz CT molecular complexity index is 1830. The number of carbonyl (C=O) groups is 2. The number of hydrogen-bond donors (Lipinski definition) is 7. The van der Waals surface area contributed by atoms with Gasteiger partial charge in [0.05, 0.1) is 21.6 Å². The molecule has 0 aliphatic carbocycles. The van der Waals surface area contributed by atoms with Gasteiger partial charge < -0.3 is 32.2 Å². The summed E-state index contributed by atoms with van der Waals surface area (Å²) in [6.45, 7) is 0.0899. The van der Waals surface area contributed by atoms with E-state index in [-0.39, 0.29) is 6.54 Å². The van der Waals surface area contributed by atoms with Crippen LogP contribution in [-0.2, 0) is 17.8 Å². The number of nitrogens with two attached hydrogens (primary N) is 2. The third-order valence-corrected chi connectivity index (χ3v) is 7.48. The maximum absolute atomic E-state index is 13.0. The predicted octanol–water partition coefficient (Wildman–Crippen LogP) is 6.49. The number of carboxylic acid groups (broad SMARTS) is 1. The molecule has 11 nitrogen and oxygen atoms in total. The van der Waals surface area contributed by atoms with E-state index in [2.05, 4.69) is 25.8 Å². The molecule has 0 unspecified atom stereocenters. The van der Waals surface area contributed by atoms with Gasteiger partial charge >= 0.3 is 18.2 Å². The SMILES string of the molecule is Nc1ccc(Cl)c(Cl)c1CNC(=O)N[C@@H](Cc1ccccc1)c1nc(-c2ccc3c(N)n[nH]c3c2)c(Cl)[nH]1.O=C(O)C(F)(F)F. The van der Waals surface area contributed by atoms with Gasteiger partial charge in [-0.15, -0.1) is 0 Å². The summed E-state index contributed by atoms with van der Waals surface area (Å²) in [5.41, 5.74) is 15.9. The molecule has 3 aromatic carbocycles. The van der Waals surface area contributed by atoms with Crippen LogP contribution in [0, 0.1) is 0 Å². The first-order valence-electron chi connectivity index (χ1n) is 12.8. The van der Waals surface area contributed by atoms with Crippen LogP contribution in [0.5, 0.6) is 0 Å². The highest BCUT2D eigenvalue weighted by atomic mass is 35.5. The molecule has 2 amide bonds. The lowest BCUT2D eigenvalue weighted by Gasteiger charge is -2.18. The van der Waals surface area contributed by atoms with E-state index >= 15 is 0 Å². The lowest BCUT2D eigenvalue weighted by Crippen LogP contribution is -2.39. The molecule has 0 aliphatic heterocycles. The van der Waals surface area contributed by atoms with Crippen molar-refractivity contribution in [1.29, 1.82) is 0 Å². The van der Waals surface area contributed by atoms with E-state index in [9.17, 15) is 18.0 Å². The maximum atomic E-state index is 13.0.